The molecule has 7 nitrogen and oxygen atoms in total. The summed E-state index contributed by atoms with van der Waals surface area (Å²) in [7, 11) is 0. The molecule has 3 rings (SSSR count). The maximum Gasteiger partial charge on any atom is 0.264 e. The number of fused-ring (bicyclic) bond motifs is 1. The van der Waals surface area contributed by atoms with Crippen molar-refractivity contribution in [2.75, 3.05) is 36.0 Å². The maximum atomic E-state index is 13.1. The van der Waals surface area contributed by atoms with Crippen LogP contribution in [0, 0.1) is 0 Å². The zero-order valence-electron chi connectivity index (χ0n) is 15.7. The van der Waals surface area contributed by atoms with Gasteiger partial charge in [-0.05, 0) is 44.0 Å². The molecule has 0 bridgehead atoms. The number of carbonyl (C=O) groups is 1. The highest BCUT2D eigenvalue weighted by molar-refractivity contribution is 6.39. The van der Waals surface area contributed by atoms with Gasteiger partial charge in [-0.2, -0.15) is 0 Å². The largest absolute Gasteiger partial charge is 0.395 e. The van der Waals surface area contributed by atoms with Gasteiger partial charge >= 0.3 is 0 Å². The summed E-state index contributed by atoms with van der Waals surface area (Å²) in [5.74, 6) is -0.476. The normalized spacial score (nSPS) is 13.6. The number of benzene rings is 1. The Morgan fingerprint density at radius 2 is 1.96 bits per heavy atom. The van der Waals surface area contributed by atoms with E-state index in [2.05, 4.69) is 14.9 Å². The van der Waals surface area contributed by atoms with E-state index >= 15 is 0 Å². The van der Waals surface area contributed by atoms with Gasteiger partial charge in [-0.3, -0.25) is 4.79 Å². The van der Waals surface area contributed by atoms with E-state index in [0.29, 0.717) is 12.2 Å². The molecule has 0 saturated heterocycles. The number of hydrogen-bond donors (Lipinski definition) is 2. The Kier molecular flexibility index (Phi) is 6.09. The number of aliphatic hydroxyl groups is 2. The molecule has 0 atom stereocenters. The summed E-state index contributed by atoms with van der Waals surface area (Å²) in [6.45, 7) is 4.71. The van der Waals surface area contributed by atoms with Gasteiger partial charge in [0.2, 0.25) is 0 Å². The first-order valence-corrected chi connectivity index (χ1v) is 9.66. The molecule has 2 aromatic rings. The molecule has 1 aliphatic rings. The second kappa shape index (κ2) is 8.21. The van der Waals surface area contributed by atoms with Gasteiger partial charge in [-0.15, -0.1) is 0 Å². The van der Waals surface area contributed by atoms with Crippen molar-refractivity contribution in [1.29, 1.82) is 0 Å². The Hall–Kier alpha value is -1.93. The van der Waals surface area contributed by atoms with Crippen molar-refractivity contribution in [2.24, 2.45) is 0 Å². The van der Waals surface area contributed by atoms with Gasteiger partial charge < -0.3 is 20.0 Å². The predicted octanol–water partition coefficient (Wildman–Crippen LogP) is 2.56. The first-order chi connectivity index (χ1) is 13.2. The lowest BCUT2D eigenvalue weighted by atomic mass is 10.1. The monoisotopic (exact) mass is 424 g/mol. The van der Waals surface area contributed by atoms with E-state index in [1.807, 2.05) is 12.1 Å². The van der Waals surface area contributed by atoms with Crippen LogP contribution in [0.2, 0.25) is 10.3 Å². The summed E-state index contributed by atoms with van der Waals surface area (Å²) in [5.41, 5.74) is 1.92. The van der Waals surface area contributed by atoms with E-state index in [4.69, 9.17) is 23.2 Å². The molecule has 9 heteroatoms. The molecule has 1 amide bonds. The Labute approximate surface area is 173 Å². The highest BCUT2D eigenvalue weighted by Crippen LogP contribution is 2.33. The molecule has 28 heavy (non-hydrogen) atoms. The number of carbonyl (C=O) groups excluding carboxylic acids is 1. The number of aliphatic hydroxyl groups excluding tert-OH is 1. The van der Waals surface area contributed by atoms with Crippen LogP contribution in [0.5, 0.6) is 0 Å². The smallest absolute Gasteiger partial charge is 0.264 e. The number of nitrogens with zero attached hydrogens (tertiary/aromatic N) is 4. The molecule has 0 fully saturated rings. The number of rotatable bonds is 6. The van der Waals surface area contributed by atoms with Crippen molar-refractivity contribution >= 4 is 40.5 Å². The Bertz CT molecular complexity index is 866. The van der Waals surface area contributed by atoms with Crippen LogP contribution < -0.4 is 9.80 Å². The molecule has 1 aromatic heterocycles. The van der Waals surface area contributed by atoms with Crippen LogP contribution in [-0.2, 0) is 6.42 Å². The minimum Gasteiger partial charge on any atom is -0.395 e. The summed E-state index contributed by atoms with van der Waals surface area (Å²) in [5, 5.41) is 19.5. The zero-order valence-corrected chi connectivity index (χ0v) is 17.2. The third kappa shape index (κ3) is 4.38. The number of halogens is 2. The molecule has 2 N–H and O–H groups in total. The van der Waals surface area contributed by atoms with Crippen LogP contribution in [0.1, 0.15) is 29.8 Å². The van der Waals surface area contributed by atoms with E-state index in [1.54, 1.807) is 19.9 Å². The van der Waals surface area contributed by atoms with Crippen molar-refractivity contribution in [3.8, 4) is 0 Å². The molecular formula is C19H22Cl2N4O3. The van der Waals surface area contributed by atoms with Crippen molar-refractivity contribution in [1.82, 2.24) is 9.97 Å². The van der Waals surface area contributed by atoms with Crippen molar-refractivity contribution < 1.29 is 15.0 Å². The van der Waals surface area contributed by atoms with Crippen LogP contribution in [0.4, 0.5) is 11.4 Å². The molecule has 0 saturated carbocycles. The summed E-state index contributed by atoms with van der Waals surface area (Å²) in [4.78, 5) is 24.2. The SMILES string of the molecule is CC(C)(O)CN1CCc2cc(N(CCO)C(=O)c3c(Cl)ncnc3Cl)ccc21. The van der Waals surface area contributed by atoms with Gasteiger partial charge in [0, 0.05) is 31.0 Å². The minimum absolute atomic E-state index is 0.00318. The van der Waals surface area contributed by atoms with Crippen LogP contribution in [-0.4, -0.2) is 57.9 Å². The van der Waals surface area contributed by atoms with Gasteiger partial charge in [-0.1, -0.05) is 23.2 Å². The van der Waals surface area contributed by atoms with Gasteiger partial charge in [0.25, 0.3) is 5.91 Å². The van der Waals surface area contributed by atoms with E-state index in [1.165, 1.54) is 11.2 Å². The predicted molar refractivity (Wildman–Crippen MR) is 109 cm³/mol. The molecule has 2 heterocycles. The lowest BCUT2D eigenvalue weighted by molar-refractivity contribution is 0.0878. The molecular weight excluding hydrogens is 403 g/mol. The number of β-amino-alcohol motifs (C(OH)–C–C–N with tert-alkyl or cyclic N) is 1. The van der Waals surface area contributed by atoms with Gasteiger partial charge in [-0.25, -0.2) is 9.97 Å². The second-order valence-corrected chi connectivity index (χ2v) is 8.02. The molecule has 1 aromatic carbocycles. The minimum atomic E-state index is -0.806. The highest BCUT2D eigenvalue weighted by Gasteiger charge is 2.28. The van der Waals surface area contributed by atoms with Gasteiger partial charge in [0.05, 0.1) is 12.2 Å². The summed E-state index contributed by atoms with van der Waals surface area (Å²) in [6.07, 6.45) is 1.99. The average molecular weight is 425 g/mol. The number of hydrogen-bond acceptors (Lipinski definition) is 6. The van der Waals surface area contributed by atoms with Crippen molar-refractivity contribution in [2.45, 2.75) is 25.9 Å². The van der Waals surface area contributed by atoms with E-state index in [9.17, 15) is 15.0 Å². The van der Waals surface area contributed by atoms with E-state index < -0.39 is 11.5 Å². The molecule has 0 unspecified atom stereocenters. The molecule has 0 spiro atoms. The van der Waals surface area contributed by atoms with Crippen LogP contribution >= 0.6 is 23.2 Å². The fraction of sp³-hybridized carbons (Fsp3) is 0.421. The van der Waals surface area contributed by atoms with Crippen molar-refractivity contribution in [3.63, 3.8) is 0 Å². The zero-order chi connectivity index (χ0) is 20.5. The number of amides is 1. The molecule has 0 radical (unpaired) electrons. The summed E-state index contributed by atoms with van der Waals surface area (Å²) < 4.78 is 0. The summed E-state index contributed by atoms with van der Waals surface area (Å²) in [6, 6.07) is 5.64. The Morgan fingerprint density at radius 3 is 2.57 bits per heavy atom. The first kappa shape index (κ1) is 20.8. The summed E-state index contributed by atoms with van der Waals surface area (Å²) >= 11 is 12.1. The third-order valence-corrected chi connectivity index (χ3v) is 5.05. The maximum absolute atomic E-state index is 13.1. The highest BCUT2D eigenvalue weighted by atomic mass is 35.5. The van der Waals surface area contributed by atoms with Crippen LogP contribution in [0.3, 0.4) is 0 Å². The van der Waals surface area contributed by atoms with Crippen LogP contribution in [0.25, 0.3) is 0 Å². The first-order valence-electron chi connectivity index (χ1n) is 8.90. The fourth-order valence-corrected chi connectivity index (χ4v) is 3.84. The molecule has 150 valence electrons. The average Bonchev–Trinajstić information content (AvgIpc) is 2.99. The number of anilines is 2. The topological polar surface area (TPSA) is 89.8 Å². The quantitative estimate of drug-likeness (QED) is 0.692. The molecule has 1 aliphatic heterocycles. The van der Waals surface area contributed by atoms with Gasteiger partial charge in [0.15, 0.2) is 0 Å². The van der Waals surface area contributed by atoms with E-state index in [-0.39, 0.29) is 29.0 Å². The van der Waals surface area contributed by atoms with E-state index in [0.717, 1.165) is 24.2 Å². The Balaban J connectivity index is 1.93. The lowest BCUT2D eigenvalue weighted by Crippen LogP contribution is -2.37. The number of aromatic nitrogens is 2. The lowest BCUT2D eigenvalue weighted by Gasteiger charge is -2.28. The molecule has 0 aliphatic carbocycles. The second-order valence-electron chi connectivity index (χ2n) is 7.31. The Morgan fingerprint density at radius 1 is 1.29 bits per heavy atom. The standard InChI is InChI=1S/C19H22Cl2N4O3/c1-19(2,28)10-24-6-5-12-9-13(3-4-14(12)24)25(7-8-26)18(27)15-16(20)22-11-23-17(15)21/h3-4,9,11,26,28H,5-8,10H2,1-2H3. The fourth-order valence-electron chi connectivity index (χ4n) is 3.36. The third-order valence-electron chi connectivity index (χ3n) is 4.48. The van der Waals surface area contributed by atoms with Gasteiger partial charge in [0.1, 0.15) is 22.2 Å². The van der Waals surface area contributed by atoms with Crippen LogP contribution in [0.15, 0.2) is 24.5 Å². The van der Waals surface area contributed by atoms with Crippen molar-refractivity contribution in [3.05, 3.63) is 46.0 Å².